The summed E-state index contributed by atoms with van der Waals surface area (Å²) in [5.74, 6) is 0.369. The second kappa shape index (κ2) is 11.8. The number of H-pyrrole nitrogens is 1. The van der Waals surface area contributed by atoms with E-state index in [9.17, 15) is 13.2 Å². The minimum atomic E-state index is -3.81. The Bertz CT molecular complexity index is 1640. The van der Waals surface area contributed by atoms with Crippen molar-refractivity contribution >= 4 is 21.1 Å². The van der Waals surface area contributed by atoms with E-state index in [4.69, 9.17) is 9.72 Å². The molecule has 5 heterocycles. The number of likely N-dealkylation sites (N-methyl/N-ethyl adjacent to an activating group) is 1. The van der Waals surface area contributed by atoms with Crippen molar-refractivity contribution in [3.8, 4) is 17.3 Å². The number of fused-ring (bicyclic) bond motifs is 1. The number of sulfonamides is 1. The second-order valence-corrected chi connectivity index (χ2v) is 11.5. The second-order valence-electron chi connectivity index (χ2n) is 9.58. The van der Waals surface area contributed by atoms with Gasteiger partial charge in [0, 0.05) is 32.4 Å². The van der Waals surface area contributed by atoms with Crippen LogP contribution in [-0.2, 0) is 23.0 Å². The fourth-order valence-electron chi connectivity index (χ4n) is 4.88. The molecule has 0 aromatic carbocycles. The Hall–Kier alpha value is -3.68. The smallest absolute Gasteiger partial charge is 0.279 e. The predicted molar refractivity (Wildman–Crippen MR) is 151 cm³/mol. The van der Waals surface area contributed by atoms with Crippen LogP contribution in [0.2, 0.25) is 0 Å². The van der Waals surface area contributed by atoms with Gasteiger partial charge in [0.15, 0.2) is 5.52 Å². The Kier molecular flexibility index (Phi) is 8.24. The quantitative estimate of drug-likeness (QED) is 0.306. The number of piperazine rings is 1. The molecule has 40 heavy (non-hydrogen) atoms. The highest BCUT2D eigenvalue weighted by Gasteiger charge is 2.30. The third-order valence-electron chi connectivity index (χ3n) is 7.00. The average Bonchev–Trinajstić information content (AvgIpc) is 3.31. The summed E-state index contributed by atoms with van der Waals surface area (Å²) in [6.45, 7) is 9.63. The minimum Gasteiger partial charge on any atom is -0.477 e. The lowest BCUT2D eigenvalue weighted by atomic mass is 10.2. The van der Waals surface area contributed by atoms with Crippen molar-refractivity contribution in [2.75, 3.05) is 39.3 Å². The SMILES string of the molecule is CCCc1c2nc(-c3cc(S(=O)(=O)N4CCN(CC)CC4)cnc3OCC)[nH]c(=O)c2nn1Cc1ccccn1. The van der Waals surface area contributed by atoms with Gasteiger partial charge in [-0.15, -0.1) is 0 Å². The fourth-order valence-corrected chi connectivity index (χ4v) is 6.28. The highest BCUT2D eigenvalue weighted by molar-refractivity contribution is 7.89. The monoisotopic (exact) mass is 566 g/mol. The Balaban J connectivity index is 1.59. The van der Waals surface area contributed by atoms with E-state index in [1.54, 1.807) is 10.9 Å². The van der Waals surface area contributed by atoms with Crippen molar-refractivity contribution in [3.63, 3.8) is 0 Å². The number of aryl methyl sites for hydroxylation is 1. The standard InChI is InChI=1S/C27H34N8O4S/c1-4-9-22-23-24(32-35(22)18-19-10-7-8-11-28-19)26(36)31-25(30-23)21-16-20(17-29-27(21)39-6-3)40(37,38)34-14-12-33(5-2)13-15-34/h7-8,10-11,16-17H,4-6,9,12-15,18H2,1-3H3,(H,30,31,36). The summed E-state index contributed by atoms with van der Waals surface area (Å²) >= 11 is 0. The van der Waals surface area contributed by atoms with Gasteiger partial charge in [0.25, 0.3) is 5.56 Å². The molecule has 0 amide bonds. The van der Waals surface area contributed by atoms with E-state index in [1.807, 2.05) is 32.0 Å². The maximum atomic E-state index is 13.5. The molecule has 0 atom stereocenters. The lowest BCUT2D eigenvalue weighted by Gasteiger charge is -2.33. The zero-order chi connectivity index (χ0) is 28.3. The summed E-state index contributed by atoms with van der Waals surface area (Å²) in [7, 11) is -3.81. The molecule has 5 rings (SSSR count). The first kappa shape index (κ1) is 27.9. The van der Waals surface area contributed by atoms with Crippen molar-refractivity contribution in [2.45, 2.75) is 45.1 Å². The van der Waals surface area contributed by atoms with Gasteiger partial charge in [0.2, 0.25) is 15.9 Å². The first-order chi connectivity index (χ1) is 19.3. The summed E-state index contributed by atoms with van der Waals surface area (Å²) in [6.07, 6.45) is 4.49. The molecule has 1 N–H and O–H groups in total. The zero-order valence-electron chi connectivity index (χ0n) is 23.0. The lowest BCUT2D eigenvalue weighted by Crippen LogP contribution is -2.48. The van der Waals surface area contributed by atoms with Gasteiger partial charge in [0.1, 0.15) is 16.2 Å². The van der Waals surface area contributed by atoms with Crippen LogP contribution in [0.4, 0.5) is 0 Å². The van der Waals surface area contributed by atoms with Crippen LogP contribution in [0, 0.1) is 0 Å². The molecular formula is C27H34N8O4S. The highest BCUT2D eigenvalue weighted by atomic mass is 32.2. The molecule has 0 bridgehead atoms. The van der Waals surface area contributed by atoms with Crippen molar-refractivity contribution < 1.29 is 13.2 Å². The third-order valence-corrected chi connectivity index (χ3v) is 8.87. The molecule has 13 heteroatoms. The topological polar surface area (TPSA) is 139 Å². The number of hydrogen-bond donors (Lipinski definition) is 1. The van der Waals surface area contributed by atoms with E-state index in [2.05, 4.69) is 31.9 Å². The third kappa shape index (κ3) is 5.49. The Morgan fingerprint density at radius 1 is 1.05 bits per heavy atom. The Morgan fingerprint density at radius 3 is 2.52 bits per heavy atom. The molecule has 1 fully saturated rings. The summed E-state index contributed by atoms with van der Waals surface area (Å²) in [4.78, 5) is 31.8. The number of ether oxygens (including phenoxy) is 1. The molecule has 1 aliphatic rings. The van der Waals surface area contributed by atoms with E-state index in [-0.39, 0.29) is 22.1 Å². The molecule has 4 aromatic heterocycles. The summed E-state index contributed by atoms with van der Waals surface area (Å²) in [5, 5.41) is 4.57. The molecule has 0 aliphatic carbocycles. The van der Waals surface area contributed by atoms with Crippen LogP contribution in [-0.4, -0.2) is 86.7 Å². The molecule has 0 unspecified atom stereocenters. The summed E-state index contributed by atoms with van der Waals surface area (Å²) in [5.41, 5.74) is 2.16. The number of pyridine rings is 2. The number of aromatic nitrogens is 6. The van der Waals surface area contributed by atoms with Crippen molar-refractivity contribution in [1.29, 1.82) is 0 Å². The molecule has 4 aromatic rings. The van der Waals surface area contributed by atoms with Crippen molar-refractivity contribution in [1.82, 2.24) is 38.9 Å². The van der Waals surface area contributed by atoms with E-state index >= 15 is 0 Å². The van der Waals surface area contributed by atoms with Gasteiger partial charge < -0.3 is 14.6 Å². The van der Waals surface area contributed by atoms with Gasteiger partial charge in [-0.25, -0.2) is 18.4 Å². The van der Waals surface area contributed by atoms with Gasteiger partial charge in [-0.2, -0.15) is 9.40 Å². The van der Waals surface area contributed by atoms with E-state index < -0.39 is 15.6 Å². The highest BCUT2D eigenvalue weighted by Crippen LogP contribution is 2.30. The lowest BCUT2D eigenvalue weighted by molar-refractivity contribution is 0.196. The maximum absolute atomic E-state index is 13.5. The Labute approximate surface area is 233 Å². The van der Waals surface area contributed by atoms with Gasteiger partial charge in [-0.05, 0) is 38.1 Å². The van der Waals surface area contributed by atoms with E-state index in [0.29, 0.717) is 56.8 Å². The minimum absolute atomic E-state index is 0.0262. The summed E-state index contributed by atoms with van der Waals surface area (Å²) < 4.78 is 36.1. The average molecular weight is 567 g/mol. The van der Waals surface area contributed by atoms with Gasteiger partial charge in [-0.3, -0.25) is 14.5 Å². The van der Waals surface area contributed by atoms with Gasteiger partial charge in [-0.1, -0.05) is 26.3 Å². The van der Waals surface area contributed by atoms with Crippen LogP contribution in [0.3, 0.4) is 0 Å². The van der Waals surface area contributed by atoms with Gasteiger partial charge in [0.05, 0.1) is 36.3 Å². The van der Waals surface area contributed by atoms with Crippen LogP contribution >= 0.6 is 0 Å². The number of nitrogens with one attached hydrogen (secondary N) is 1. The largest absolute Gasteiger partial charge is 0.477 e. The number of aromatic amines is 1. The molecule has 0 saturated carbocycles. The predicted octanol–water partition coefficient (Wildman–Crippen LogP) is 2.30. The number of hydrogen-bond acceptors (Lipinski definition) is 9. The normalized spacial score (nSPS) is 15.1. The zero-order valence-corrected chi connectivity index (χ0v) is 23.8. The molecule has 0 radical (unpaired) electrons. The van der Waals surface area contributed by atoms with Crippen LogP contribution in [0.1, 0.15) is 38.6 Å². The molecule has 1 aliphatic heterocycles. The summed E-state index contributed by atoms with van der Waals surface area (Å²) in [6, 6.07) is 7.14. The van der Waals surface area contributed by atoms with E-state index in [0.717, 1.165) is 24.4 Å². The molecule has 212 valence electrons. The maximum Gasteiger partial charge on any atom is 0.279 e. The number of nitrogens with zero attached hydrogens (tertiary/aromatic N) is 7. The molecular weight excluding hydrogens is 532 g/mol. The fraction of sp³-hybridized carbons (Fsp3) is 0.444. The van der Waals surface area contributed by atoms with Crippen LogP contribution in [0.5, 0.6) is 5.88 Å². The first-order valence-electron chi connectivity index (χ1n) is 13.6. The van der Waals surface area contributed by atoms with Crippen LogP contribution in [0.15, 0.2) is 46.3 Å². The van der Waals surface area contributed by atoms with Crippen molar-refractivity contribution in [2.24, 2.45) is 0 Å². The first-order valence-corrected chi connectivity index (χ1v) is 15.0. The van der Waals surface area contributed by atoms with E-state index in [1.165, 1.54) is 16.6 Å². The Morgan fingerprint density at radius 2 is 1.85 bits per heavy atom. The van der Waals surface area contributed by atoms with Gasteiger partial charge >= 0.3 is 0 Å². The number of rotatable bonds is 10. The van der Waals surface area contributed by atoms with Crippen LogP contribution < -0.4 is 10.3 Å². The molecule has 1 saturated heterocycles. The molecule has 12 nitrogen and oxygen atoms in total. The molecule has 0 spiro atoms. The van der Waals surface area contributed by atoms with Crippen molar-refractivity contribution in [3.05, 3.63) is 58.4 Å². The van der Waals surface area contributed by atoms with Crippen LogP contribution in [0.25, 0.3) is 22.4 Å².